The fraction of sp³-hybridized carbons (Fsp3) is 0.500. The van der Waals surface area contributed by atoms with Crippen LogP contribution in [0.3, 0.4) is 0 Å². The summed E-state index contributed by atoms with van der Waals surface area (Å²) in [5.74, 6) is 1.28. The number of nitrogens with one attached hydrogen (secondary N) is 1. The predicted molar refractivity (Wildman–Crippen MR) is 73.4 cm³/mol. The first kappa shape index (κ1) is 13.2. The van der Waals surface area contributed by atoms with E-state index in [4.69, 9.17) is 0 Å². The first-order valence-corrected chi connectivity index (χ1v) is 6.75. The second kappa shape index (κ2) is 4.63. The summed E-state index contributed by atoms with van der Waals surface area (Å²) >= 11 is 0. The van der Waals surface area contributed by atoms with Gasteiger partial charge in [0.05, 0.1) is 12.2 Å². The Morgan fingerprint density at radius 2 is 2.10 bits per heavy atom. The molecule has 0 aliphatic carbocycles. The molecule has 0 bridgehead atoms. The Morgan fingerprint density at radius 3 is 2.75 bits per heavy atom. The Balaban J connectivity index is 2.04. The molecule has 20 heavy (non-hydrogen) atoms. The Labute approximate surface area is 117 Å². The molecule has 0 amide bonds. The minimum Gasteiger partial charge on any atom is -0.307 e. The van der Waals surface area contributed by atoms with Crippen molar-refractivity contribution in [2.24, 2.45) is 5.41 Å². The average Bonchev–Trinajstić information content (AvgIpc) is 2.82. The molecular formula is C14H18FN5. The van der Waals surface area contributed by atoms with Crippen molar-refractivity contribution in [2.45, 2.75) is 33.4 Å². The molecule has 3 rings (SSSR count). The molecule has 3 heterocycles. The van der Waals surface area contributed by atoms with Gasteiger partial charge in [-0.2, -0.15) is 0 Å². The van der Waals surface area contributed by atoms with Gasteiger partial charge in [-0.3, -0.25) is 0 Å². The number of nitrogens with zero attached hydrogens (tertiary/aromatic N) is 4. The SMILES string of the molecule is CC(C)(C)C1NCCn2c(-c3ccc(F)cn3)nnc21. The monoisotopic (exact) mass is 275 g/mol. The van der Waals surface area contributed by atoms with Gasteiger partial charge in [0, 0.05) is 13.1 Å². The van der Waals surface area contributed by atoms with Crippen molar-refractivity contribution in [1.82, 2.24) is 25.1 Å². The van der Waals surface area contributed by atoms with Gasteiger partial charge in [-0.25, -0.2) is 9.37 Å². The molecule has 0 radical (unpaired) electrons. The highest BCUT2D eigenvalue weighted by atomic mass is 19.1. The van der Waals surface area contributed by atoms with E-state index in [1.165, 1.54) is 12.3 Å². The van der Waals surface area contributed by atoms with Gasteiger partial charge in [0.15, 0.2) is 11.6 Å². The second-order valence-corrected chi connectivity index (χ2v) is 6.15. The Hall–Kier alpha value is -1.82. The molecule has 5 nitrogen and oxygen atoms in total. The van der Waals surface area contributed by atoms with Crippen molar-refractivity contribution in [3.8, 4) is 11.5 Å². The molecule has 0 spiro atoms. The smallest absolute Gasteiger partial charge is 0.182 e. The normalized spacial score (nSPS) is 18.9. The van der Waals surface area contributed by atoms with E-state index >= 15 is 0 Å². The number of hydrogen-bond donors (Lipinski definition) is 1. The highest BCUT2D eigenvalue weighted by Crippen LogP contribution is 2.34. The van der Waals surface area contributed by atoms with Gasteiger partial charge in [-0.05, 0) is 17.5 Å². The van der Waals surface area contributed by atoms with Gasteiger partial charge < -0.3 is 9.88 Å². The zero-order valence-electron chi connectivity index (χ0n) is 11.9. The molecule has 2 aromatic rings. The average molecular weight is 275 g/mol. The molecular weight excluding hydrogens is 257 g/mol. The van der Waals surface area contributed by atoms with Crippen LogP contribution in [-0.4, -0.2) is 26.3 Å². The lowest BCUT2D eigenvalue weighted by Crippen LogP contribution is -2.40. The van der Waals surface area contributed by atoms with E-state index < -0.39 is 0 Å². The van der Waals surface area contributed by atoms with Gasteiger partial charge in [-0.1, -0.05) is 20.8 Å². The Morgan fingerprint density at radius 1 is 1.30 bits per heavy atom. The molecule has 0 saturated heterocycles. The summed E-state index contributed by atoms with van der Waals surface area (Å²) in [6.07, 6.45) is 1.21. The summed E-state index contributed by atoms with van der Waals surface area (Å²) in [4.78, 5) is 4.10. The third kappa shape index (κ3) is 2.20. The molecule has 2 aromatic heterocycles. The van der Waals surface area contributed by atoms with Crippen molar-refractivity contribution in [3.05, 3.63) is 30.0 Å². The van der Waals surface area contributed by atoms with Crippen LogP contribution in [0.25, 0.3) is 11.5 Å². The summed E-state index contributed by atoms with van der Waals surface area (Å²) in [6, 6.07) is 3.19. The molecule has 106 valence electrons. The first-order chi connectivity index (χ1) is 9.47. The second-order valence-electron chi connectivity index (χ2n) is 6.15. The quantitative estimate of drug-likeness (QED) is 0.866. The molecule has 1 N–H and O–H groups in total. The predicted octanol–water partition coefficient (Wildman–Crippen LogP) is 2.17. The van der Waals surface area contributed by atoms with Crippen LogP contribution in [0.4, 0.5) is 4.39 Å². The lowest BCUT2D eigenvalue weighted by atomic mass is 9.85. The lowest BCUT2D eigenvalue weighted by molar-refractivity contribution is 0.234. The molecule has 6 heteroatoms. The van der Waals surface area contributed by atoms with Gasteiger partial charge >= 0.3 is 0 Å². The highest BCUT2D eigenvalue weighted by molar-refractivity contribution is 5.49. The van der Waals surface area contributed by atoms with Crippen molar-refractivity contribution in [3.63, 3.8) is 0 Å². The maximum Gasteiger partial charge on any atom is 0.182 e. The maximum atomic E-state index is 13.0. The van der Waals surface area contributed by atoms with Crippen LogP contribution < -0.4 is 5.32 Å². The van der Waals surface area contributed by atoms with E-state index in [1.807, 2.05) is 0 Å². The van der Waals surface area contributed by atoms with Crippen LogP contribution in [0.15, 0.2) is 18.3 Å². The summed E-state index contributed by atoms with van der Waals surface area (Å²) in [5, 5.41) is 12.1. The topological polar surface area (TPSA) is 55.6 Å². The number of rotatable bonds is 1. The van der Waals surface area contributed by atoms with Gasteiger partial charge in [0.25, 0.3) is 0 Å². The maximum absolute atomic E-state index is 13.0. The van der Waals surface area contributed by atoms with Gasteiger partial charge in [-0.15, -0.1) is 10.2 Å². The lowest BCUT2D eigenvalue weighted by Gasteiger charge is -2.34. The van der Waals surface area contributed by atoms with Crippen LogP contribution in [0.1, 0.15) is 32.6 Å². The minimum absolute atomic E-state index is 0.0543. The number of halogens is 1. The summed E-state index contributed by atoms with van der Waals surface area (Å²) in [7, 11) is 0. The summed E-state index contributed by atoms with van der Waals surface area (Å²) < 4.78 is 15.0. The van der Waals surface area contributed by atoms with E-state index in [2.05, 4.69) is 45.8 Å². The van der Waals surface area contributed by atoms with Crippen LogP contribution in [0, 0.1) is 11.2 Å². The highest BCUT2D eigenvalue weighted by Gasteiger charge is 2.34. The van der Waals surface area contributed by atoms with E-state index in [1.54, 1.807) is 6.07 Å². The Kier molecular flexibility index (Phi) is 3.05. The van der Waals surface area contributed by atoms with Crippen molar-refractivity contribution in [2.75, 3.05) is 6.54 Å². The fourth-order valence-corrected chi connectivity index (χ4v) is 2.55. The third-order valence-electron chi connectivity index (χ3n) is 3.54. The summed E-state index contributed by atoms with van der Waals surface area (Å²) in [5.41, 5.74) is 0.707. The van der Waals surface area contributed by atoms with Crippen molar-refractivity contribution >= 4 is 0 Å². The van der Waals surface area contributed by atoms with Crippen molar-refractivity contribution < 1.29 is 4.39 Å². The van der Waals surface area contributed by atoms with Crippen LogP contribution in [-0.2, 0) is 6.54 Å². The van der Waals surface area contributed by atoms with Crippen LogP contribution >= 0.6 is 0 Å². The van der Waals surface area contributed by atoms with E-state index in [-0.39, 0.29) is 17.3 Å². The molecule has 1 unspecified atom stereocenters. The van der Waals surface area contributed by atoms with Gasteiger partial charge in [0.2, 0.25) is 0 Å². The zero-order chi connectivity index (χ0) is 14.3. The van der Waals surface area contributed by atoms with E-state index in [9.17, 15) is 4.39 Å². The fourth-order valence-electron chi connectivity index (χ4n) is 2.55. The number of pyridine rings is 1. The number of fused-ring (bicyclic) bond motifs is 1. The largest absolute Gasteiger partial charge is 0.307 e. The molecule has 1 atom stereocenters. The number of hydrogen-bond acceptors (Lipinski definition) is 4. The standard InChI is InChI=1S/C14H18FN5/c1-14(2,3)11-13-19-18-12(20(13)7-6-16-11)10-5-4-9(15)8-17-10/h4-5,8,11,16H,6-7H2,1-3H3. The van der Waals surface area contributed by atoms with Crippen LogP contribution in [0.5, 0.6) is 0 Å². The molecule has 1 aliphatic heterocycles. The first-order valence-electron chi connectivity index (χ1n) is 6.75. The third-order valence-corrected chi connectivity index (χ3v) is 3.54. The Bertz CT molecular complexity index is 611. The zero-order valence-corrected chi connectivity index (χ0v) is 11.9. The number of aromatic nitrogens is 4. The van der Waals surface area contributed by atoms with Gasteiger partial charge in [0.1, 0.15) is 11.5 Å². The molecule has 1 aliphatic rings. The van der Waals surface area contributed by atoms with E-state index in [0.29, 0.717) is 11.5 Å². The summed E-state index contributed by atoms with van der Waals surface area (Å²) in [6.45, 7) is 8.17. The molecule has 0 aromatic carbocycles. The minimum atomic E-state index is -0.346. The molecule has 0 saturated carbocycles. The molecule has 0 fully saturated rings. The van der Waals surface area contributed by atoms with Crippen LogP contribution in [0.2, 0.25) is 0 Å². The van der Waals surface area contributed by atoms with Crippen molar-refractivity contribution in [1.29, 1.82) is 0 Å². The van der Waals surface area contributed by atoms with E-state index in [0.717, 1.165) is 18.9 Å².